The van der Waals surface area contributed by atoms with Gasteiger partial charge in [-0.2, -0.15) is 0 Å². The number of rotatable bonds is 3. The Morgan fingerprint density at radius 1 is 1.43 bits per heavy atom. The van der Waals surface area contributed by atoms with Gasteiger partial charge in [0.2, 0.25) is 0 Å². The van der Waals surface area contributed by atoms with E-state index >= 15 is 0 Å². The molecule has 0 aromatic heterocycles. The molecule has 1 saturated carbocycles. The van der Waals surface area contributed by atoms with E-state index in [0.29, 0.717) is 6.61 Å². The van der Waals surface area contributed by atoms with Crippen LogP contribution < -0.4 is 0 Å². The molecule has 1 saturated heterocycles. The molecule has 0 spiro atoms. The van der Waals surface area contributed by atoms with E-state index in [2.05, 4.69) is 0 Å². The van der Waals surface area contributed by atoms with Crippen LogP contribution in [-0.2, 0) is 9.47 Å². The Bertz CT molecular complexity index is 177. The smallest absolute Gasteiger partial charge is 0.0940 e. The van der Waals surface area contributed by atoms with Gasteiger partial charge in [0, 0.05) is 19.6 Å². The first-order valence-corrected chi connectivity index (χ1v) is 5.59. The molecule has 0 amide bonds. The molecule has 0 radical (unpaired) electrons. The number of ether oxygens (including phenoxy) is 2. The summed E-state index contributed by atoms with van der Waals surface area (Å²) in [6.07, 6.45) is 5.00. The van der Waals surface area contributed by atoms with Crippen LogP contribution in [0.3, 0.4) is 0 Å². The van der Waals surface area contributed by atoms with Crippen LogP contribution in [-0.4, -0.2) is 37.1 Å². The van der Waals surface area contributed by atoms with Gasteiger partial charge in [0.15, 0.2) is 0 Å². The molecular weight excluding hydrogens is 180 g/mol. The molecule has 3 nitrogen and oxygen atoms in total. The molecule has 2 fully saturated rings. The van der Waals surface area contributed by atoms with Crippen molar-refractivity contribution in [3.8, 4) is 0 Å². The minimum Gasteiger partial charge on any atom is -0.390 e. The maximum absolute atomic E-state index is 10.2. The van der Waals surface area contributed by atoms with Crippen molar-refractivity contribution in [2.75, 3.05) is 20.3 Å². The highest BCUT2D eigenvalue weighted by Gasteiger charge is 2.47. The van der Waals surface area contributed by atoms with E-state index in [1.165, 1.54) is 6.42 Å². The maximum Gasteiger partial charge on any atom is 0.0940 e. The summed E-state index contributed by atoms with van der Waals surface area (Å²) >= 11 is 0. The number of aliphatic hydroxyl groups is 1. The molecule has 3 heteroatoms. The molecule has 82 valence electrons. The van der Waals surface area contributed by atoms with Crippen LogP contribution >= 0.6 is 0 Å². The van der Waals surface area contributed by atoms with Gasteiger partial charge >= 0.3 is 0 Å². The van der Waals surface area contributed by atoms with Gasteiger partial charge in [-0.15, -0.1) is 0 Å². The zero-order chi connectivity index (χ0) is 10.0. The van der Waals surface area contributed by atoms with Crippen molar-refractivity contribution in [3.63, 3.8) is 0 Å². The van der Waals surface area contributed by atoms with E-state index in [4.69, 9.17) is 9.47 Å². The molecule has 2 atom stereocenters. The van der Waals surface area contributed by atoms with E-state index in [1.54, 1.807) is 7.11 Å². The van der Waals surface area contributed by atoms with Gasteiger partial charge in [-0.3, -0.25) is 0 Å². The highest BCUT2D eigenvalue weighted by Crippen LogP contribution is 2.41. The van der Waals surface area contributed by atoms with Crippen molar-refractivity contribution in [2.24, 2.45) is 5.92 Å². The molecule has 1 aliphatic carbocycles. The molecule has 1 N–H and O–H groups in total. The highest BCUT2D eigenvalue weighted by atomic mass is 16.5. The fourth-order valence-electron chi connectivity index (χ4n) is 2.59. The van der Waals surface area contributed by atoms with Crippen LogP contribution in [0.1, 0.15) is 32.1 Å². The lowest BCUT2D eigenvalue weighted by molar-refractivity contribution is -0.179. The Balaban J connectivity index is 1.94. The van der Waals surface area contributed by atoms with Gasteiger partial charge in [-0.1, -0.05) is 0 Å². The third-order valence-electron chi connectivity index (χ3n) is 3.79. The van der Waals surface area contributed by atoms with Crippen LogP contribution in [0, 0.1) is 5.92 Å². The normalized spacial score (nSPS) is 33.4. The lowest BCUT2D eigenvalue weighted by atomic mass is 9.71. The quantitative estimate of drug-likeness (QED) is 0.747. The van der Waals surface area contributed by atoms with Crippen molar-refractivity contribution in [1.29, 1.82) is 0 Å². The lowest BCUT2D eigenvalue weighted by Crippen LogP contribution is -2.54. The highest BCUT2D eigenvalue weighted by molar-refractivity contribution is 4.98. The summed E-state index contributed by atoms with van der Waals surface area (Å²) in [6.45, 7) is 1.55. The predicted octanol–water partition coefficient (Wildman–Crippen LogP) is 1.34. The monoisotopic (exact) mass is 200 g/mol. The summed E-state index contributed by atoms with van der Waals surface area (Å²) in [5.41, 5.74) is -0.245. The third kappa shape index (κ3) is 1.69. The Labute approximate surface area is 85.4 Å². The van der Waals surface area contributed by atoms with E-state index < -0.39 is 0 Å². The fourth-order valence-corrected chi connectivity index (χ4v) is 2.59. The molecule has 0 aromatic carbocycles. The van der Waals surface area contributed by atoms with Crippen LogP contribution in [0.4, 0.5) is 0 Å². The maximum atomic E-state index is 10.2. The third-order valence-corrected chi connectivity index (χ3v) is 3.79. The van der Waals surface area contributed by atoms with Gasteiger partial charge in [0.05, 0.1) is 18.3 Å². The summed E-state index contributed by atoms with van der Waals surface area (Å²) < 4.78 is 10.9. The Kier molecular flexibility index (Phi) is 3.10. The van der Waals surface area contributed by atoms with Gasteiger partial charge in [-0.05, 0) is 32.1 Å². The molecule has 0 bridgehead atoms. The topological polar surface area (TPSA) is 38.7 Å². The van der Waals surface area contributed by atoms with Crippen molar-refractivity contribution in [3.05, 3.63) is 0 Å². The molecular formula is C11H20O3. The number of hydrogen-bond donors (Lipinski definition) is 1. The average molecular weight is 200 g/mol. The second kappa shape index (κ2) is 4.17. The molecule has 2 unspecified atom stereocenters. The van der Waals surface area contributed by atoms with E-state index in [0.717, 1.165) is 32.3 Å². The van der Waals surface area contributed by atoms with Gasteiger partial charge in [-0.25, -0.2) is 0 Å². The largest absolute Gasteiger partial charge is 0.390 e. The van der Waals surface area contributed by atoms with Gasteiger partial charge in [0.1, 0.15) is 0 Å². The van der Waals surface area contributed by atoms with Crippen LogP contribution in [0.25, 0.3) is 0 Å². The standard InChI is InChI=1S/C11H20O3/c1-13-11(5-3-6-11)10(12)9-4-2-7-14-8-9/h9-10,12H,2-8H2,1H3. The summed E-state index contributed by atoms with van der Waals surface area (Å²) in [4.78, 5) is 0. The van der Waals surface area contributed by atoms with Crippen LogP contribution in [0.5, 0.6) is 0 Å². The van der Waals surface area contributed by atoms with E-state index in [-0.39, 0.29) is 17.6 Å². The van der Waals surface area contributed by atoms with Crippen molar-refractivity contribution < 1.29 is 14.6 Å². The first-order valence-electron chi connectivity index (χ1n) is 5.59. The van der Waals surface area contributed by atoms with E-state index in [9.17, 15) is 5.11 Å². The lowest BCUT2D eigenvalue weighted by Gasteiger charge is -2.47. The Morgan fingerprint density at radius 3 is 2.64 bits per heavy atom. The van der Waals surface area contributed by atoms with Crippen LogP contribution in [0.2, 0.25) is 0 Å². The Hall–Kier alpha value is -0.120. The molecule has 14 heavy (non-hydrogen) atoms. The minimum absolute atomic E-state index is 0.245. The second-order valence-corrected chi connectivity index (χ2v) is 4.54. The molecule has 0 aromatic rings. The number of methoxy groups -OCH3 is 1. The average Bonchev–Trinajstić information content (AvgIpc) is 2.18. The summed E-state index contributed by atoms with van der Waals surface area (Å²) in [5.74, 6) is 0.281. The predicted molar refractivity (Wildman–Crippen MR) is 53.1 cm³/mol. The van der Waals surface area contributed by atoms with Crippen molar-refractivity contribution in [1.82, 2.24) is 0 Å². The van der Waals surface area contributed by atoms with Crippen LogP contribution in [0.15, 0.2) is 0 Å². The second-order valence-electron chi connectivity index (χ2n) is 4.54. The zero-order valence-electron chi connectivity index (χ0n) is 8.87. The minimum atomic E-state index is -0.332. The zero-order valence-corrected chi connectivity index (χ0v) is 8.87. The van der Waals surface area contributed by atoms with Crippen molar-refractivity contribution >= 4 is 0 Å². The van der Waals surface area contributed by atoms with Gasteiger partial charge < -0.3 is 14.6 Å². The summed E-state index contributed by atoms with van der Waals surface area (Å²) in [5, 5.41) is 10.2. The van der Waals surface area contributed by atoms with Gasteiger partial charge in [0.25, 0.3) is 0 Å². The molecule has 2 rings (SSSR count). The molecule has 2 aliphatic rings. The summed E-state index contributed by atoms with van der Waals surface area (Å²) in [7, 11) is 1.71. The summed E-state index contributed by atoms with van der Waals surface area (Å²) in [6, 6.07) is 0. The number of hydrogen-bond acceptors (Lipinski definition) is 3. The SMILES string of the molecule is COC1(C(O)C2CCCOC2)CCC1. The van der Waals surface area contributed by atoms with E-state index in [1.807, 2.05) is 0 Å². The first kappa shape index (κ1) is 10.4. The molecule has 1 aliphatic heterocycles. The Morgan fingerprint density at radius 2 is 2.21 bits per heavy atom. The molecule has 1 heterocycles. The van der Waals surface area contributed by atoms with Crippen molar-refractivity contribution in [2.45, 2.75) is 43.8 Å². The first-order chi connectivity index (χ1) is 6.78. The number of aliphatic hydroxyl groups excluding tert-OH is 1. The fraction of sp³-hybridized carbons (Fsp3) is 1.00.